The highest BCUT2D eigenvalue weighted by Gasteiger charge is 2.46. The summed E-state index contributed by atoms with van der Waals surface area (Å²) in [4.78, 5) is 14.0. The van der Waals surface area contributed by atoms with Gasteiger partial charge >= 0.3 is 0 Å². The normalized spacial score (nSPS) is 21.3. The summed E-state index contributed by atoms with van der Waals surface area (Å²) in [6.45, 7) is 4.12. The number of carbonyl (C=O) groups is 1. The first-order valence-corrected chi connectivity index (χ1v) is 7.69. The number of hydrogen-bond donors (Lipinski definition) is 1. The quantitative estimate of drug-likeness (QED) is 0.847. The molecule has 3 rings (SSSR count). The Hall–Kier alpha value is -1.65. The van der Waals surface area contributed by atoms with E-state index in [0.29, 0.717) is 0 Å². The molecule has 1 fully saturated rings. The summed E-state index contributed by atoms with van der Waals surface area (Å²) in [6, 6.07) is 13.5. The van der Waals surface area contributed by atoms with Gasteiger partial charge in [0.2, 0.25) is 5.91 Å². The molecule has 0 saturated carbocycles. The number of amides is 1. The van der Waals surface area contributed by atoms with Crippen LogP contribution < -0.4 is 10.6 Å². The van der Waals surface area contributed by atoms with E-state index in [4.69, 9.17) is 5.73 Å². The Morgan fingerprint density at radius 1 is 1.05 bits per heavy atom. The van der Waals surface area contributed by atoms with Crippen LogP contribution in [0.25, 0.3) is 0 Å². The summed E-state index contributed by atoms with van der Waals surface area (Å²) < 4.78 is 1.02. The number of nitrogens with zero attached hydrogens (tertiary/aromatic N) is 1. The number of aryl methyl sites for hydroxylation is 2. The molecule has 0 aromatic heterocycles. The molecule has 0 aliphatic carbocycles. The zero-order chi connectivity index (χ0) is 15.1. The molecule has 0 radical (unpaired) electrons. The van der Waals surface area contributed by atoms with E-state index in [1.807, 2.05) is 42.5 Å². The van der Waals surface area contributed by atoms with Gasteiger partial charge in [-0.05, 0) is 54.8 Å². The second-order valence-electron chi connectivity index (χ2n) is 5.50. The summed E-state index contributed by atoms with van der Waals surface area (Å²) in [7, 11) is 0. The van der Waals surface area contributed by atoms with Crippen LogP contribution in [0.3, 0.4) is 0 Å². The van der Waals surface area contributed by atoms with E-state index in [2.05, 4.69) is 29.8 Å². The minimum absolute atomic E-state index is 0.0221. The SMILES string of the molecule is Cc1ccc(N2C(=O)C(N)C2c2ccc(Br)cc2)cc1C. The van der Waals surface area contributed by atoms with Crippen molar-refractivity contribution in [2.45, 2.75) is 25.9 Å². The number of hydrogen-bond acceptors (Lipinski definition) is 2. The first-order chi connectivity index (χ1) is 9.99. The van der Waals surface area contributed by atoms with Crippen molar-refractivity contribution < 1.29 is 4.79 Å². The van der Waals surface area contributed by atoms with E-state index in [1.165, 1.54) is 11.1 Å². The Kier molecular flexibility index (Phi) is 3.59. The average Bonchev–Trinajstić information content (AvgIpc) is 2.48. The monoisotopic (exact) mass is 344 g/mol. The molecule has 1 heterocycles. The van der Waals surface area contributed by atoms with Crippen LogP contribution in [-0.4, -0.2) is 11.9 Å². The molecular weight excluding hydrogens is 328 g/mol. The summed E-state index contributed by atoms with van der Waals surface area (Å²) in [5.74, 6) is -0.0221. The van der Waals surface area contributed by atoms with Gasteiger partial charge in [0.25, 0.3) is 0 Å². The molecular formula is C17H17BrN2O. The Morgan fingerprint density at radius 3 is 2.33 bits per heavy atom. The largest absolute Gasteiger partial charge is 0.318 e. The minimum Gasteiger partial charge on any atom is -0.318 e. The molecule has 3 nitrogen and oxygen atoms in total. The number of β-lactam (4-membered cyclic amide) rings is 1. The highest BCUT2D eigenvalue weighted by molar-refractivity contribution is 9.10. The van der Waals surface area contributed by atoms with Crippen molar-refractivity contribution in [3.63, 3.8) is 0 Å². The van der Waals surface area contributed by atoms with E-state index in [9.17, 15) is 4.79 Å². The fourth-order valence-electron chi connectivity index (χ4n) is 2.69. The van der Waals surface area contributed by atoms with Crippen molar-refractivity contribution in [1.29, 1.82) is 0 Å². The molecule has 0 bridgehead atoms. The smallest absolute Gasteiger partial charge is 0.247 e. The van der Waals surface area contributed by atoms with Crippen LogP contribution in [0.4, 0.5) is 5.69 Å². The van der Waals surface area contributed by atoms with Crippen molar-refractivity contribution in [3.8, 4) is 0 Å². The van der Waals surface area contributed by atoms with Crippen molar-refractivity contribution in [2.75, 3.05) is 4.90 Å². The van der Waals surface area contributed by atoms with Crippen LogP contribution in [0.5, 0.6) is 0 Å². The Bertz CT molecular complexity index is 696. The lowest BCUT2D eigenvalue weighted by Crippen LogP contribution is -2.63. The van der Waals surface area contributed by atoms with Crippen LogP contribution in [0.2, 0.25) is 0 Å². The van der Waals surface area contributed by atoms with E-state index in [0.717, 1.165) is 15.7 Å². The summed E-state index contributed by atoms with van der Waals surface area (Å²) in [6.07, 6.45) is 0. The molecule has 2 unspecified atom stereocenters. The lowest BCUT2D eigenvalue weighted by molar-refractivity contribution is -0.126. The van der Waals surface area contributed by atoms with E-state index >= 15 is 0 Å². The molecule has 1 saturated heterocycles. The van der Waals surface area contributed by atoms with Gasteiger partial charge in [-0.15, -0.1) is 0 Å². The third kappa shape index (κ3) is 2.39. The maximum Gasteiger partial charge on any atom is 0.247 e. The van der Waals surface area contributed by atoms with Gasteiger partial charge in [0.1, 0.15) is 6.04 Å². The van der Waals surface area contributed by atoms with Gasteiger partial charge in [-0.2, -0.15) is 0 Å². The number of rotatable bonds is 2. The van der Waals surface area contributed by atoms with E-state index < -0.39 is 6.04 Å². The molecule has 1 aliphatic rings. The number of nitrogens with two attached hydrogens (primary N) is 1. The number of halogens is 1. The fraction of sp³-hybridized carbons (Fsp3) is 0.235. The minimum atomic E-state index is -0.465. The summed E-state index contributed by atoms with van der Waals surface area (Å²) in [5.41, 5.74) is 10.4. The summed E-state index contributed by atoms with van der Waals surface area (Å²) >= 11 is 3.43. The van der Waals surface area contributed by atoms with Crippen molar-refractivity contribution in [3.05, 3.63) is 63.6 Å². The van der Waals surface area contributed by atoms with Crippen molar-refractivity contribution in [1.82, 2.24) is 0 Å². The van der Waals surface area contributed by atoms with Crippen LogP contribution >= 0.6 is 15.9 Å². The second-order valence-corrected chi connectivity index (χ2v) is 6.41. The fourth-order valence-corrected chi connectivity index (χ4v) is 2.96. The van der Waals surface area contributed by atoms with Gasteiger partial charge in [0.05, 0.1) is 6.04 Å². The first kappa shape index (κ1) is 14.3. The standard InChI is InChI=1S/C17H17BrN2O/c1-10-3-8-14(9-11(10)2)20-16(15(19)17(20)21)12-4-6-13(18)7-5-12/h3-9,15-16H,19H2,1-2H3. The van der Waals surface area contributed by atoms with E-state index in [1.54, 1.807) is 4.90 Å². The second kappa shape index (κ2) is 5.28. The van der Waals surface area contributed by atoms with Crippen molar-refractivity contribution >= 4 is 27.5 Å². The molecule has 2 aromatic rings. The third-order valence-electron chi connectivity index (χ3n) is 4.12. The number of carbonyl (C=O) groups excluding carboxylic acids is 1. The molecule has 4 heteroatoms. The van der Waals surface area contributed by atoms with Gasteiger partial charge in [0, 0.05) is 10.2 Å². The molecule has 1 aliphatic heterocycles. The highest BCUT2D eigenvalue weighted by atomic mass is 79.9. The van der Waals surface area contributed by atoms with Crippen molar-refractivity contribution in [2.24, 2.45) is 5.73 Å². The average molecular weight is 345 g/mol. The summed E-state index contributed by atoms with van der Waals surface area (Å²) in [5, 5.41) is 0. The Morgan fingerprint density at radius 2 is 1.71 bits per heavy atom. The zero-order valence-electron chi connectivity index (χ0n) is 12.0. The topological polar surface area (TPSA) is 46.3 Å². The molecule has 1 amide bonds. The lowest BCUT2D eigenvalue weighted by Gasteiger charge is -2.45. The van der Waals surface area contributed by atoms with Crippen LogP contribution in [-0.2, 0) is 4.79 Å². The highest BCUT2D eigenvalue weighted by Crippen LogP contribution is 2.38. The maximum atomic E-state index is 12.2. The van der Waals surface area contributed by atoms with Crippen LogP contribution in [0.15, 0.2) is 46.9 Å². The number of benzene rings is 2. The molecule has 2 aromatic carbocycles. The predicted octanol–water partition coefficient (Wildman–Crippen LogP) is 3.48. The molecule has 2 N–H and O–H groups in total. The Labute approximate surface area is 132 Å². The maximum absolute atomic E-state index is 12.2. The van der Waals surface area contributed by atoms with Gasteiger partial charge in [-0.1, -0.05) is 34.1 Å². The van der Waals surface area contributed by atoms with Gasteiger partial charge in [0.15, 0.2) is 0 Å². The van der Waals surface area contributed by atoms with E-state index in [-0.39, 0.29) is 11.9 Å². The Balaban J connectivity index is 1.98. The molecule has 0 spiro atoms. The molecule has 21 heavy (non-hydrogen) atoms. The van der Waals surface area contributed by atoms with Crippen LogP contribution in [0.1, 0.15) is 22.7 Å². The van der Waals surface area contributed by atoms with Gasteiger partial charge in [-0.3, -0.25) is 4.79 Å². The van der Waals surface area contributed by atoms with Gasteiger partial charge in [-0.25, -0.2) is 0 Å². The first-order valence-electron chi connectivity index (χ1n) is 6.90. The third-order valence-corrected chi connectivity index (χ3v) is 4.65. The lowest BCUT2D eigenvalue weighted by atomic mass is 9.88. The van der Waals surface area contributed by atoms with Crippen LogP contribution in [0, 0.1) is 13.8 Å². The van der Waals surface area contributed by atoms with Gasteiger partial charge < -0.3 is 10.6 Å². The number of anilines is 1. The molecule has 108 valence electrons. The predicted molar refractivity (Wildman–Crippen MR) is 88.3 cm³/mol. The molecule has 2 atom stereocenters. The zero-order valence-corrected chi connectivity index (χ0v) is 13.6.